The first-order valence-corrected chi connectivity index (χ1v) is 7.70. The molecule has 0 N–H and O–H groups in total. The van der Waals surface area contributed by atoms with Gasteiger partial charge >= 0.3 is 0 Å². The first kappa shape index (κ1) is 14.8. The summed E-state index contributed by atoms with van der Waals surface area (Å²) in [5.74, 6) is 1.22. The summed E-state index contributed by atoms with van der Waals surface area (Å²) in [6.45, 7) is 1.98. The first-order chi connectivity index (χ1) is 12.3. The van der Waals surface area contributed by atoms with Gasteiger partial charge in [0.1, 0.15) is 5.65 Å². The van der Waals surface area contributed by atoms with Crippen molar-refractivity contribution in [3.05, 3.63) is 72.1 Å². The lowest BCUT2D eigenvalue weighted by atomic mass is 10.2. The van der Waals surface area contributed by atoms with Crippen LogP contribution >= 0.6 is 0 Å². The predicted molar refractivity (Wildman–Crippen MR) is 93.0 cm³/mol. The summed E-state index contributed by atoms with van der Waals surface area (Å²) in [6.07, 6.45) is 1.60. The Morgan fingerprint density at radius 2 is 1.96 bits per heavy atom. The van der Waals surface area contributed by atoms with Gasteiger partial charge in [-0.15, -0.1) is 10.2 Å². The average Bonchev–Trinajstić information content (AvgIpc) is 3.28. The van der Waals surface area contributed by atoms with E-state index in [9.17, 15) is 0 Å². The highest BCUT2D eigenvalue weighted by Gasteiger charge is 2.17. The third-order valence-corrected chi connectivity index (χ3v) is 3.80. The van der Waals surface area contributed by atoms with Crippen LogP contribution in [0, 0.1) is 18.3 Å². The van der Waals surface area contributed by atoms with E-state index in [0.29, 0.717) is 28.5 Å². The maximum atomic E-state index is 9.01. The zero-order chi connectivity index (χ0) is 17.2. The molecule has 25 heavy (non-hydrogen) atoms. The minimum Gasteiger partial charge on any atom is -0.463 e. The van der Waals surface area contributed by atoms with E-state index < -0.39 is 0 Å². The monoisotopic (exact) mass is 327 g/mol. The van der Waals surface area contributed by atoms with Crippen LogP contribution in [0.5, 0.6) is 0 Å². The number of fused-ring (bicyclic) bond motifs is 1. The van der Waals surface area contributed by atoms with Crippen molar-refractivity contribution in [3.8, 4) is 17.5 Å². The van der Waals surface area contributed by atoms with Crippen LogP contribution in [-0.4, -0.2) is 9.38 Å². The van der Waals surface area contributed by atoms with Crippen molar-refractivity contribution in [1.29, 1.82) is 5.26 Å². The van der Waals surface area contributed by atoms with Gasteiger partial charge in [-0.3, -0.25) is 4.40 Å². The predicted octanol–water partition coefficient (Wildman–Crippen LogP) is 5.19. The fourth-order valence-corrected chi connectivity index (χ4v) is 2.65. The van der Waals surface area contributed by atoms with Gasteiger partial charge in [0.2, 0.25) is 0 Å². The van der Waals surface area contributed by atoms with Crippen molar-refractivity contribution in [2.24, 2.45) is 10.2 Å². The van der Waals surface area contributed by atoms with Crippen molar-refractivity contribution in [1.82, 2.24) is 9.38 Å². The summed E-state index contributed by atoms with van der Waals surface area (Å²) in [4.78, 5) is 4.63. The Bertz CT molecular complexity index is 1120. The first-order valence-electron chi connectivity index (χ1n) is 7.70. The number of aromatic nitrogens is 2. The number of aryl methyl sites for hydroxylation is 1. The van der Waals surface area contributed by atoms with E-state index in [1.165, 1.54) is 0 Å². The summed E-state index contributed by atoms with van der Waals surface area (Å²) in [7, 11) is 0. The number of hydrogen-bond donors (Lipinski definition) is 0. The maximum Gasteiger partial charge on any atom is 0.191 e. The molecule has 0 aliphatic rings. The fraction of sp³-hybridized carbons (Fsp3) is 0.0526. The molecule has 0 amide bonds. The van der Waals surface area contributed by atoms with Gasteiger partial charge in [0.25, 0.3) is 0 Å². The topological polar surface area (TPSA) is 78.9 Å². The van der Waals surface area contributed by atoms with E-state index >= 15 is 0 Å². The molecule has 6 nitrogen and oxygen atoms in total. The van der Waals surface area contributed by atoms with Gasteiger partial charge in [0, 0.05) is 5.69 Å². The van der Waals surface area contributed by atoms with E-state index in [0.717, 1.165) is 11.3 Å². The van der Waals surface area contributed by atoms with Crippen LogP contribution in [0.2, 0.25) is 0 Å². The van der Waals surface area contributed by atoms with Crippen molar-refractivity contribution in [2.75, 3.05) is 0 Å². The molecule has 120 valence electrons. The molecular formula is C19H13N5O. The van der Waals surface area contributed by atoms with Gasteiger partial charge in [-0.1, -0.05) is 12.1 Å². The van der Waals surface area contributed by atoms with Gasteiger partial charge < -0.3 is 4.42 Å². The van der Waals surface area contributed by atoms with E-state index in [1.54, 1.807) is 30.5 Å². The SMILES string of the molecule is Cc1cccc2nc(-c3ccco3)c(N=Nc3cccc(C#N)c3)n12. The fourth-order valence-electron chi connectivity index (χ4n) is 2.65. The van der Waals surface area contributed by atoms with E-state index in [4.69, 9.17) is 9.68 Å². The van der Waals surface area contributed by atoms with Crippen LogP contribution in [0.4, 0.5) is 11.5 Å². The molecule has 0 unspecified atom stereocenters. The second-order valence-electron chi connectivity index (χ2n) is 5.48. The molecule has 0 saturated heterocycles. The van der Waals surface area contributed by atoms with Crippen LogP contribution in [-0.2, 0) is 0 Å². The Balaban J connectivity index is 1.89. The molecule has 0 spiro atoms. The molecule has 4 aromatic rings. The van der Waals surface area contributed by atoms with E-state index in [1.807, 2.05) is 41.7 Å². The Morgan fingerprint density at radius 3 is 2.76 bits per heavy atom. The minimum atomic E-state index is 0.539. The molecule has 0 aliphatic carbocycles. The van der Waals surface area contributed by atoms with E-state index in [-0.39, 0.29) is 0 Å². The number of rotatable bonds is 3. The van der Waals surface area contributed by atoms with Gasteiger partial charge in [0.05, 0.1) is 23.6 Å². The molecule has 0 saturated carbocycles. The number of benzene rings is 1. The molecule has 1 aromatic carbocycles. The zero-order valence-electron chi connectivity index (χ0n) is 13.4. The summed E-state index contributed by atoms with van der Waals surface area (Å²) < 4.78 is 7.42. The Labute approximate surface area is 143 Å². The van der Waals surface area contributed by atoms with E-state index in [2.05, 4.69) is 21.3 Å². The molecule has 3 aromatic heterocycles. The number of furan rings is 1. The normalized spacial score (nSPS) is 11.2. The zero-order valence-corrected chi connectivity index (χ0v) is 13.4. The summed E-state index contributed by atoms with van der Waals surface area (Å²) in [5.41, 5.74) is 3.53. The van der Waals surface area contributed by atoms with Gasteiger partial charge in [-0.25, -0.2) is 4.98 Å². The molecular weight excluding hydrogens is 314 g/mol. The molecule has 0 radical (unpaired) electrons. The Hall–Kier alpha value is -3.72. The molecule has 0 bridgehead atoms. The molecule has 0 aliphatic heterocycles. The number of imidazole rings is 1. The second kappa shape index (κ2) is 6.06. The maximum absolute atomic E-state index is 9.01. The third kappa shape index (κ3) is 2.68. The highest BCUT2D eigenvalue weighted by molar-refractivity contribution is 5.71. The van der Waals surface area contributed by atoms with Crippen molar-refractivity contribution >= 4 is 17.2 Å². The number of azo groups is 1. The molecule has 0 atom stereocenters. The number of pyridine rings is 1. The molecule has 6 heteroatoms. The van der Waals surface area contributed by atoms with Crippen LogP contribution in [0.25, 0.3) is 17.1 Å². The Kier molecular flexibility index (Phi) is 3.60. The average molecular weight is 327 g/mol. The van der Waals surface area contributed by atoms with Crippen molar-refractivity contribution < 1.29 is 4.42 Å². The Morgan fingerprint density at radius 1 is 1.08 bits per heavy atom. The molecule has 4 rings (SSSR count). The van der Waals surface area contributed by atoms with Gasteiger partial charge in [0.15, 0.2) is 17.3 Å². The van der Waals surface area contributed by atoms with Gasteiger partial charge in [-0.05, 0) is 49.4 Å². The number of hydrogen-bond acceptors (Lipinski definition) is 5. The molecule has 3 heterocycles. The highest BCUT2D eigenvalue weighted by atomic mass is 16.3. The second-order valence-corrected chi connectivity index (χ2v) is 5.48. The lowest BCUT2D eigenvalue weighted by Crippen LogP contribution is -1.89. The standard InChI is InChI=1S/C19H13N5O/c1-13-5-2-9-17-21-18(16-8-4-10-25-16)19(24(13)17)23-22-15-7-3-6-14(11-15)12-20/h2-11H,1H3. The summed E-state index contributed by atoms with van der Waals surface area (Å²) >= 11 is 0. The summed E-state index contributed by atoms with van der Waals surface area (Å²) in [5, 5.41) is 17.7. The summed E-state index contributed by atoms with van der Waals surface area (Å²) in [6, 6.07) is 18.6. The van der Waals surface area contributed by atoms with Crippen molar-refractivity contribution in [2.45, 2.75) is 6.92 Å². The largest absolute Gasteiger partial charge is 0.463 e. The van der Waals surface area contributed by atoms with Crippen molar-refractivity contribution in [3.63, 3.8) is 0 Å². The third-order valence-electron chi connectivity index (χ3n) is 3.80. The van der Waals surface area contributed by atoms with Gasteiger partial charge in [-0.2, -0.15) is 5.26 Å². The molecule has 0 fully saturated rings. The minimum absolute atomic E-state index is 0.539. The lowest BCUT2D eigenvalue weighted by molar-refractivity contribution is 0.580. The van der Waals surface area contributed by atoms with Crippen LogP contribution in [0.1, 0.15) is 11.3 Å². The van der Waals surface area contributed by atoms with Crippen LogP contribution < -0.4 is 0 Å². The quantitative estimate of drug-likeness (QED) is 0.486. The lowest BCUT2D eigenvalue weighted by Gasteiger charge is -2.01. The van der Waals surface area contributed by atoms with Crippen LogP contribution in [0.3, 0.4) is 0 Å². The smallest absolute Gasteiger partial charge is 0.191 e. The number of nitriles is 1. The highest BCUT2D eigenvalue weighted by Crippen LogP contribution is 2.33. The van der Waals surface area contributed by atoms with Crippen LogP contribution in [0.15, 0.2) is 75.5 Å². The number of nitrogens with zero attached hydrogens (tertiary/aromatic N) is 5.